The first kappa shape index (κ1) is 13.6. The number of fused-ring (bicyclic) bond motifs is 1. The molecule has 0 aliphatic heterocycles. The second kappa shape index (κ2) is 5.32. The highest BCUT2D eigenvalue weighted by atomic mass is 15.3. The number of hydrogen-bond acceptors (Lipinski definition) is 3. The van der Waals surface area contributed by atoms with Crippen molar-refractivity contribution in [2.45, 2.75) is 6.92 Å². The number of aryl methyl sites for hydroxylation is 2. The highest BCUT2D eigenvalue weighted by Crippen LogP contribution is 2.29. The van der Waals surface area contributed by atoms with Crippen LogP contribution < -0.4 is 0 Å². The molecule has 0 aliphatic carbocycles. The molecule has 0 saturated heterocycles. The van der Waals surface area contributed by atoms with Gasteiger partial charge in [-0.25, -0.2) is 9.97 Å². The van der Waals surface area contributed by atoms with E-state index in [4.69, 9.17) is 9.97 Å². The van der Waals surface area contributed by atoms with Crippen molar-refractivity contribution < 1.29 is 0 Å². The molecule has 2 heterocycles. The molecule has 4 rings (SSSR count). The van der Waals surface area contributed by atoms with Crippen LogP contribution in [0.3, 0.4) is 0 Å². The zero-order valence-corrected chi connectivity index (χ0v) is 13.1. The molecule has 23 heavy (non-hydrogen) atoms. The fourth-order valence-electron chi connectivity index (χ4n) is 2.85. The Labute approximate surface area is 134 Å². The Morgan fingerprint density at radius 2 is 1.39 bits per heavy atom. The molecule has 0 N–H and O–H groups in total. The van der Waals surface area contributed by atoms with Crippen LogP contribution in [0, 0.1) is 6.92 Å². The summed E-state index contributed by atoms with van der Waals surface area (Å²) in [6.45, 7) is 1.98. The molecule has 0 spiro atoms. The van der Waals surface area contributed by atoms with Crippen LogP contribution in [0.5, 0.6) is 0 Å². The van der Waals surface area contributed by atoms with E-state index in [1.807, 2.05) is 67.2 Å². The second-order valence-electron chi connectivity index (χ2n) is 5.53. The number of benzene rings is 2. The Bertz CT molecular complexity index is 973. The molecule has 4 aromatic rings. The summed E-state index contributed by atoms with van der Waals surface area (Å²) in [5.74, 6) is 0.730. The lowest BCUT2D eigenvalue weighted by molar-refractivity contribution is 0.783. The largest absolute Gasteiger partial charge is 0.264 e. The van der Waals surface area contributed by atoms with Crippen LogP contribution in [0.2, 0.25) is 0 Å². The van der Waals surface area contributed by atoms with Crippen molar-refractivity contribution in [2.75, 3.05) is 0 Å². The van der Waals surface area contributed by atoms with Crippen molar-refractivity contribution in [3.05, 3.63) is 66.4 Å². The van der Waals surface area contributed by atoms with Crippen LogP contribution in [0.15, 0.2) is 60.7 Å². The van der Waals surface area contributed by atoms with E-state index in [-0.39, 0.29) is 0 Å². The van der Waals surface area contributed by atoms with Crippen LogP contribution in [-0.2, 0) is 7.05 Å². The molecule has 0 atom stereocenters. The Balaban J connectivity index is 2.07. The van der Waals surface area contributed by atoms with Crippen LogP contribution in [0.25, 0.3) is 33.7 Å². The summed E-state index contributed by atoms with van der Waals surface area (Å²) < 4.78 is 1.86. The molecule has 4 nitrogen and oxygen atoms in total. The summed E-state index contributed by atoms with van der Waals surface area (Å²) >= 11 is 0. The van der Waals surface area contributed by atoms with Crippen molar-refractivity contribution >= 4 is 11.0 Å². The van der Waals surface area contributed by atoms with Gasteiger partial charge in [0, 0.05) is 18.2 Å². The van der Waals surface area contributed by atoms with Crippen molar-refractivity contribution in [3.63, 3.8) is 0 Å². The van der Waals surface area contributed by atoms with Gasteiger partial charge in [0.1, 0.15) is 16.7 Å². The average Bonchev–Trinajstić information content (AvgIpc) is 2.90. The van der Waals surface area contributed by atoms with Gasteiger partial charge < -0.3 is 0 Å². The van der Waals surface area contributed by atoms with Crippen molar-refractivity contribution in [1.82, 2.24) is 19.7 Å². The van der Waals surface area contributed by atoms with Gasteiger partial charge in [0.05, 0.1) is 5.69 Å². The third-order valence-electron chi connectivity index (χ3n) is 3.93. The molecule has 0 aliphatic rings. The SMILES string of the molecule is Cc1nn(C)c2c(-c3ccccc3)nc(-c3ccccc3)nc12. The molecule has 112 valence electrons. The Morgan fingerprint density at radius 1 is 0.783 bits per heavy atom. The van der Waals surface area contributed by atoms with Gasteiger partial charge in [0.2, 0.25) is 0 Å². The zero-order valence-electron chi connectivity index (χ0n) is 13.1. The lowest BCUT2D eigenvalue weighted by Gasteiger charge is -2.08. The first-order valence-electron chi connectivity index (χ1n) is 7.56. The normalized spacial score (nSPS) is 11.0. The molecular formula is C19H16N4. The summed E-state index contributed by atoms with van der Waals surface area (Å²) in [6.07, 6.45) is 0. The lowest BCUT2D eigenvalue weighted by atomic mass is 10.1. The van der Waals surface area contributed by atoms with Crippen LogP contribution in [0.1, 0.15) is 5.69 Å². The van der Waals surface area contributed by atoms with Crippen molar-refractivity contribution in [1.29, 1.82) is 0 Å². The first-order chi connectivity index (χ1) is 11.2. The quantitative estimate of drug-likeness (QED) is 0.562. The standard InChI is InChI=1S/C19H16N4/c1-13-16-18(23(2)22-13)17(14-9-5-3-6-10-14)21-19(20-16)15-11-7-4-8-12-15/h3-12H,1-2H3. The average molecular weight is 300 g/mol. The Hall–Kier alpha value is -3.01. The number of nitrogens with zero attached hydrogens (tertiary/aromatic N) is 4. The van der Waals surface area contributed by atoms with Crippen molar-refractivity contribution in [2.24, 2.45) is 7.05 Å². The molecule has 0 fully saturated rings. The highest BCUT2D eigenvalue weighted by molar-refractivity contribution is 5.92. The molecule has 0 unspecified atom stereocenters. The number of hydrogen-bond donors (Lipinski definition) is 0. The molecular weight excluding hydrogens is 284 g/mol. The zero-order chi connectivity index (χ0) is 15.8. The summed E-state index contributed by atoms with van der Waals surface area (Å²) in [4.78, 5) is 9.60. The van der Waals surface area contributed by atoms with E-state index in [2.05, 4.69) is 17.2 Å². The van der Waals surface area contributed by atoms with Gasteiger partial charge >= 0.3 is 0 Å². The summed E-state index contributed by atoms with van der Waals surface area (Å²) in [7, 11) is 1.94. The van der Waals surface area contributed by atoms with Crippen molar-refractivity contribution in [3.8, 4) is 22.6 Å². The van der Waals surface area contributed by atoms with E-state index in [0.29, 0.717) is 0 Å². The molecule has 2 aromatic carbocycles. The van der Waals surface area contributed by atoms with Gasteiger partial charge in [-0.1, -0.05) is 60.7 Å². The maximum absolute atomic E-state index is 4.84. The summed E-state index contributed by atoms with van der Waals surface area (Å²) in [5.41, 5.74) is 5.78. The summed E-state index contributed by atoms with van der Waals surface area (Å²) in [6, 6.07) is 20.2. The van der Waals surface area contributed by atoms with Gasteiger partial charge in [-0.15, -0.1) is 0 Å². The van der Waals surface area contributed by atoms with Gasteiger partial charge in [-0.2, -0.15) is 5.10 Å². The smallest absolute Gasteiger partial charge is 0.160 e. The molecule has 0 saturated carbocycles. The molecule has 0 bridgehead atoms. The van der Waals surface area contributed by atoms with E-state index in [1.54, 1.807) is 0 Å². The maximum Gasteiger partial charge on any atom is 0.160 e. The van der Waals surface area contributed by atoms with Gasteiger partial charge in [-0.05, 0) is 6.92 Å². The highest BCUT2D eigenvalue weighted by Gasteiger charge is 2.16. The maximum atomic E-state index is 4.84. The van der Waals surface area contributed by atoms with E-state index in [0.717, 1.165) is 39.4 Å². The Morgan fingerprint density at radius 3 is 2.04 bits per heavy atom. The summed E-state index contributed by atoms with van der Waals surface area (Å²) in [5, 5.41) is 4.53. The monoisotopic (exact) mass is 300 g/mol. The number of aromatic nitrogens is 4. The first-order valence-corrected chi connectivity index (χ1v) is 7.56. The van der Waals surface area contributed by atoms with Crippen LogP contribution in [-0.4, -0.2) is 19.7 Å². The second-order valence-corrected chi connectivity index (χ2v) is 5.53. The molecule has 2 aromatic heterocycles. The third kappa shape index (κ3) is 2.28. The van der Waals surface area contributed by atoms with E-state index in [1.165, 1.54) is 0 Å². The topological polar surface area (TPSA) is 43.6 Å². The van der Waals surface area contributed by atoms with E-state index >= 15 is 0 Å². The Kier molecular flexibility index (Phi) is 3.15. The van der Waals surface area contributed by atoms with Gasteiger partial charge in [-0.3, -0.25) is 4.68 Å². The lowest BCUT2D eigenvalue weighted by Crippen LogP contribution is -1.98. The molecule has 4 heteroatoms. The van der Waals surface area contributed by atoms with Gasteiger partial charge in [0.25, 0.3) is 0 Å². The van der Waals surface area contributed by atoms with E-state index < -0.39 is 0 Å². The van der Waals surface area contributed by atoms with Gasteiger partial charge in [0.15, 0.2) is 5.82 Å². The minimum Gasteiger partial charge on any atom is -0.264 e. The minimum atomic E-state index is 0.730. The van der Waals surface area contributed by atoms with Crippen LogP contribution >= 0.6 is 0 Å². The molecule has 0 amide bonds. The molecule has 0 radical (unpaired) electrons. The van der Waals surface area contributed by atoms with Crippen LogP contribution in [0.4, 0.5) is 0 Å². The number of rotatable bonds is 2. The minimum absolute atomic E-state index is 0.730. The predicted octanol–water partition coefficient (Wildman–Crippen LogP) is 4.01. The third-order valence-corrected chi connectivity index (χ3v) is 3.93. The fraction of sp³-hybridized carbons (Fsp3) is 0.105. The predicted molar refractivity (Wildman–Crippen MR) is 91.9 cm³/mol. The fourth-order valence-corrected chi connectivity index (χ4v) is 2.85. The van der Waals surface area contributed by atoms with E-state index in [9.17, 15) is 0 Å².